The zero-order chi connectivity index (χ0) is 15.2. The quantitative estimate of drug-likeness (QED) is 0.525. The summed E-state index contributed by atoms with van der Waals surface area (Å²) in [6, 6.07) is 0. The Bertz CT molecular complexity index is 445. The molecule has 0 aliphatic carbocycles. The molecule has 1 aromatic rings. The smallest absolute Gasteiger partial charge is 0.255 e. The molecule has 114 valence electrons. The number of hydrogen-bond acceptors (Lipinski definition) is 3. The molecule has 6 nitrogen and oxygen atoms in total. The molecule has 0 radical (unpaired) electrons. The average Bonchev–Trinajstić information content (AvgIpc) is 2.80. The Morgan fingerprint density at radius 3 is 2.75 bits per heavy atom. The Morgan fingerprint density at radius 1 is 1.55 bits per heavy atom. The second-order valence-electron chi connectivity index (χ2n) is 4.64. The first kappa shape index (κ1) is 16.4. The summed E-state index contributed by atoms with van der Waals surface area (Å²) in [5.74, 6) is 0.247. The molecule has 8 heteroatoms. The van der Waals surface area contributed by atoms with Gasteiger partial charge in [0.05, 0.1) is 19.3 Å². The van der Waals surface area contributed by atoms with Gasteiger partial charge in [0.25, 0.3) is 6.43 Å². The van der Waals surface area contributed by atoms with E-state index in [0.29, 0.717) is 12.1 Å². The number of halogens is 2. The fourth-order valence-corrected chi connectivity index (χ4v) is 1.54. The average molecular weight is 289 g/mol. The molecule has 0 aliphatic heterocycles. The van der Waals surface area contributed by atoms with E-state index in [0.717, 1.165) is 0 Å². The molecular formula is C12H21F2N5O. The minimum Gasteiger partial charge on any atom is -0.383 e. The van der Waals surface area contributed by atoms with Crippen molar-refractivity contribution in [2.45, 2.75) is 25.9 Å². The highest BCUT2D eigenvalue weighted by atomic mass is 19.3. The Hall–Kier alpha value is -1.70. The van der Waals surface area contributed by atoms with E-state index in [1.165, 1.54) is 0 Å². The summed E-state index contributed by atoms with van der Waals surface area (Å²) in [6.07, 6.45) is 0.780. The van der Waals surface area contributed by atoms with Crippen LogP contribution in [0.2, 0.25) is 0 Å². The maximum absolute atomic E-state index is 12.2. The molecule has 1 unspecified atom stereocenters. The number of guanidine groups is 1. The third-order valence-electron chi connectivity index (χ3n) is 2.64. The van der Waals surface area contributed by atoms with Crippen molar-refractivity contribution < 1.29 is 13.9 Å². The number of rotatable bonds is 6. The molecule has 1 heterocycles. The highest BCUT2D eigenvalue weighted by molar-refractivity contribution is 5.79. The van der Waals surface area contributed by atoms with Crippen LogP contribution >= 0.6 is 0 Å². The summed E-state index contributed by atoms with van der Waals surface area (Å²) < 4.78 is 25.9. The van der Waals surface area contributed by atoms with Gasteiger partial charge in [0, 0.05) is 25.4 Å². The van der Waals surface area contributed by atoms with Crippen LogP contribution in [0.4, 0.5) is 8.78 Å². The third kappa shape index (κ3) is 5.12. The molecule has 0 fully saturated rings. The van der Waals surface area contributed by atoms with E-state index in [-0.39, 0.29) is 12.5 Å². The topological polar surface area (TPSA) is 74.5 Å². The van der Waals surface area contributed by atoms with Crippen LogP contribution in [-0.4, -0.2) is 46.9 Å². The summed E-state index contributed by atoms with van der Waals surface area (Å²) >= 11 is 0. The zero-order valence-electron chi connectivity index (χ0n) is 11.9. The SMILES string of the molecule is CCNC(=NCC(C)(O)c1cnn(C)c1)NCC(F)F. The van der Waals surface area contributed by atoms with E-state index >= 15 is 0 Å². The van der Waals surface area contributed by atoms with Crippen molar-refractivity contribution in [1.82, 2.24) is 20.4 Å². The Balaban J connectivity index is 2.69. The van der Waals surface area contributed by atoms with Crippen molar-refractivity contribution in [3.8, 4) is 0 Å². The minimum absolute atomic E-state index is 0.0390. The molecule has 1 aromatic heterocycles. The number of aromatic nitrogens is 2. The van der Waals surface area contributed by atoms with Crippen molar-refractivity contribution in [3.05, 3.63) is 18.0 Å². The fraction of sp³-hybridized carbons (Fsp3) is 0.667. The van der Waals surface area contributed by atoms with Gasteiger partial charge in [-0.15, -0.1) is 0 Å². The van der Waals surface area contributed by atoms with E-state index in [1.54, 1.807) is 31.0 Å². The number of aliphatic hydroxyl groups is 1. The molecule has 0 amide bonds. The van der Waals surface area contributed by atoms with Crippen molar-refractivity contribution in [2.75, 3.05) is 19.6 Å². The number of hydrogen-bond donors (Lipinski definition) is 3. The Labute approximate surface area is 116 Å². The summed E-state index contributed by atoms with van der Waals surface area (Å²) in [5, 5.41) is 19.7. The standard InChI is InChI=1S/C12H21F2N5O/c1-4-15-11(16-6-10(13)14)17-8-12(2,20)9-5-18-19(3)7-9/h5,7,10,20H,4,6,8H2,1-3H3,(H2,15,16,17). The fourth-order valence-electron chi connectivity index (χ4n) is 1.54. The highest BCUT2D eigenvalue weighted by Crippen LogP contribution is 2.19. The summed E-state index contributed by atoms with van der Waals surface area (Å²) in [4.78, 5) is 4.12. The maximum atomic E-state index is 12.2. The van der Waals surface area contributed by atoms with E-state index in [9.17, 15) is 13.9 Å². The van der Waals surface area contributed by atoms with Gasteiger partial charge in [0.15, 0.2) is 5.96 Å². The van der Waals surface area contributed by atoms with E-state index in [4.69, 9.17) is 0 Å². The Morgan fingerprint density at radius 2 is 2.25 bits per heavy atom. The molecule has 0 spiro atoms. The molecule has 1 rings (SSSR count). The molecule has 1 atom stereocenters. The lowest BCUT2D eigenvalue weighted by Crippen LogP contribution is -2.40. The van der Waals surface area contributed by atoms with Crippen LogP contribution in [0.15, 0.2) is 17.4 Å². The maximum Gasteiger partial charge on any atom is 0.255 e. The van der Waals surface area contributed by atoms with Crippen LogP contribution in [0, 0.1) is 0 Å². The molecular weight excluding hydrogens is 268 g/mol. The first-order valence-electron chi connectivity index (χ1n) is 6.37. The molecule has 0 saturated carbocycles. The van der Waals surface area contributed by atoms with Gasteiger partial charge in [-0.2, -0.15) is 5.10 Å². The van der Waals surface area contributed by atoms with Crippen molar-refractivity contribution >= 4 is 5.96 Å². The highest BCUT2D eigenvalue weighted by Gasteiger charge is 2.24. The van der Waals surface area contributed by atoms with E-state index < -0.39 is 18.6 Å². The van der Waals surface area contributed by atoms with Crippen LogP contribution in [-0.2, 0) is 12.6 Å². The molecule has 0 aromatic carbocycles. The monoisotopic (exact) mass is 289 g/mol. The summed E-state index contributed by atoms with van der Waals surface area (Å²) in [7, 11) is 1.75. The molecule has 0 saturated heterocycles. The zero-order valence-corrected chi connectivity index (χ0v) is 11.9. The van der Waals surface area contributed by atoms with E-state index in [1.807, 2.05) is 6.92 Å². The van der Waals surface area contributed by atoms with Gasteiger partial charge in [0.2, 0.25) is 0 Å². The van der Waals surface area contributed by atoms with Crippen LogP contribution in [0.5, 0.6) is 0 Å². The third-order valence-corrected chi connectivity index (χ3v) is 2.64. The lowest BCUT2D eigenvalue weighted by molar-refractivity contribution is 0.0671. The first-order valence-corrected chi connectivity index (χ1v) is 6.37. The Kier molecular flexibility index (Phi) is 5.87. The summed E-state index contributed by atoms with van der Waals surface area (Å²) in [6.45, 7) is 3.53. The predicted octanol–water partition coefficient (Wildman–Crippen LogP) is 0.448. The van der Waals surface area contributed by atoms with Crippen molar-refractivity contribution in [2.24, 2.45) is 12.0 Å². The number of aryl methyl sites for hydroxylation is 1. The lowest BCUT2D eigenvalue weighted by atomic mass is 10.0. The predicted molar refractivity (Wildman–Crippen MR) is 72.8 cm³/mol. The number of nitrogens with zero attached hydrogens (tertiary/aromatic N) is 3. The van der Waals surface area contributed by atoms with Gasteiger partial charge in [0.1, 0.15) is 5.60 Å². The van der Waals surface area contributed by atoms with Gasteiger partial charge in [-0.3, -0.25) is 4.68 Å². The normalized spacial score (nSPS) is 15.2. The largest absolute Gasteiger partial charge is 0.383 e. The van der Waals surface area contributed by atoms with E-state index in [2.05, 4.69) is 20.7 Å². The van der Waals surface area contributed by atoms with Gasteiger partial charge in [-0.25, -0.2) is 13.8 Å². The van der Waals surface area contributed by atoms with Crippen LogP contribution in [0.3, 0.4) is 0 Å². The van der Waals surface area contributed by atoms with Crippen molar-refractivity contribution in [1.29, 1.82) is 0 Å². The number of alkyl halides is 2. The minimum atomic E-state index is -2.46. The second kappa shape index (κ2) is 7.18. The van der Waals surface area contributed by atoms with Gasteiger partial charge < -0.3 is 15.7 Å². The molecule has 0 aliphatic rings. The first-order chi connectivity index (χ1) is 9.35. The molecule has 3 N–H and O–H groups in total. The van der Waals surface area contributed by atoms with Crippen LogP contribution in [0.1, 0.15) is 19.4 Å². The summed E-state index contributed by atoms with van der Waals surface area (Å²) in [5.41, 5.74) is -0.588. The van der Waals surface area contributed by atoms with Crippen LogP contribution in [0.25, 0.3) is 0 Å². The molecule has 0 bridgehead atoms. The number of nitrogens with one attached hydrogen (secondary N) is 2. The second-order valence-corrected chi connectivity index (χ2v) is 4.64. The van der Waals surface area contributed by atoms with Gasteiger partial charge >= 0.3 is 0 Å². The number of aliphatic imine (C=N–C) groups is 1. The van der Waals surface area contributed by atoms with Gasteiger partial charge in [-0.1, -0.05) is 0 Å². The molecule has 20 heavy (non-hydrogen) atoms. The van der Waals surface area contributed by atoms with Crippen LogP contribution < -0.4 is 10.6 Å². The lowest BCUT2D eigenvalue weighted by Gasteiger charge is -2.20. The van der Waals surface area contributed by atoms with Crippen molar-refractivity contribution in [3.63, 3.8) is 0 Å². The van der Waals surface area contributed by atoms with Gasteiger partial charge in [-0.05, 0) is 13.8 Å².